The van der Waals surface area contributed by atoms with E-state index in [4.69, 9.17) is 11.6 Å². The van der Waals surface area contributed by atoms with Crippen molar-refractivity contribution in [2.24, 2.45) is 4.99 Å². The Bertz CT molecular complexity index is 826. The molecule has 1 aliphatic rings. The minimum absolute atomic E-state index is 0. The molecule has 2 aromatic rings. The Morgan fingerprint density at radius 2 is 1.83 bits per heavy atom. The van der Waals surface area contributed by atoms with Gasteiger partial charge in [0.2, 0.25) is 5.91 Å². The van der Waals surface area contributed by atoms with Gasteiger partial charge < -0.3 is 15.5 Å². The van der Waals surface area contributed by atoms with Crippen LogP contribution in [-0.4, -0.2) is 29.9 Å². The number of carbonyl (C=O) groups excluding carboxylic acids is 1. The maximum atomic E-state index is 11.8. The zero-order valence-electron chi connectivity index (χ0n) is 16.7. The molecule has 29 heavy (non-hydrogen) atoms. The van der Waals surface area contributed by atoms with Crippen LogP contribution in [0.2, 0.25) is 5.02 Å². The van der Waals surface area contributed by atoms with Crippen LogP contribution in [0.25, 0.3) is 0 Å². The molecule has 0 radical (unpaired) electrons. The third-order valence-corrected chi connectivity index (χ3v) is 5.10. The summed E-state index contributed by atoms with van der Waals surface area (Å²) in [5.41, 5.74) is 3.33. The van der Waals surface area contributed by atoms with E-state index < -0.39 is 0 Å². The molecule has 3 rings (SSSR count). The lowest BCUT2D eigenvalue weighted by Crippen LogP contribution is -2.36. The summed E-state index contributed by atoms with van der Waals surface area (Å²) in [7, 11) is 0. The van der Waals surface area contributed by atoms with E-state index in [0.29, 0.717) is 26.1 Å². The fourth-order valence-electron chi connectivity index (χ4n) is 3.17. The summed E-state index contributed by atoms with van der Waals surface area (Å²) in [4.78, 5) is 18.3. The molecule has 2 aromatic carbocycles. The van der Waals surface area contributed by atoms with Crippen LogP contribution < -0.4 is 10.6 Å². The van der Waals surface area contributed by atoms with Crippen LogP contribution in [0.15, 0.2) is 53.5 Å². The number of nitrogens with zero attached hydrogens (tertiary/aromatic N) is 2. The van der Waals surface area contributed by atoms with E-state index in [1.165, 1.54) is 0 Å². The lowest BCUT2D eigenvalue weighted by Gasteiger charge is -2.15. The maximum Gasteiger partial charge on any atom is 0.222 e. The highest BCUT2D eigenvalue weighted by Gasteiger charge is 2.19. The highest BCUT2D eigenvalue weighted by molar-refractivity contribution is 14.0. The topological polar surface area (TPSA) is 56.7 Å². The summed E-state index contributed by atoms with van der Waals surface area (Å²) in [5.74, 6) is 1.02. The number of nitrogens with one attached hydrogen (secondary N) is 2. The van der Waals surface area contributed by atoms with Gasteiger partial charge in [0.05, 0.1) is 6.54 Å². The first-order valence-electron chi connectivity index (χ1n) is 9.77. The zero-order chi connectivity index (χ0) is 19.8. The summed E-state index contributed by atoms with van der Waals surface area (Å²) in [5, 5.41) is 7.33. The van der Waals surface area contributed by atoms with Gasteiger partial charge in [-0.15, -0.1) is 24.0 Å². The second kappa shape index (κ2) is 12.0. The standard InChI is InChI=1S/C22H27ClN4O.HI/c1-2-24-22(26-15-19-6-3-4-7-20(19)23)25-14-17-9-11-18(12-10-17)16-27-13-5-8-21(27)28;/h3-4,6-7,9-12H,2,5,8,13-16H2,1H3,(H2,24,25,26);1H. The average molecular weight is 527 g/mol. The number of hydrogen-bond donors (Lipinski definition) is 2. The van der Waals surface area contributed by atoms with Gasteiger partial charge in [0.1, 0.15) is 0 Å². The number of hydrogen-bond acceptors (Lipinski definition) is 2. The van der Waals surface area contributed by atoms with Crippen LogP contribution in [-0.2, 0) is 24.4 Å². The quantitative estimate of drug-likeness (QED) is 0.321. The molecule has 0 unspecified atom stereocenters. The third kappa shape index (κ3) is 7.19. The van der Waals surface area contributed by atoms with Crippen molar-refractivity contribution in [3.05, 3.63) is 70.2 Å². The number of benzene rings is 2. The van der Waals surface area contributed by atoms with E-state index in [0.717, 1.165) is 47.2 Å². The Morgan fingerprint density at radius 3 is 2.48 bits per heavy atom. The van der Waals surface area contributed by atoms with Crippen molar-refractivity contribution < 1.29 is 4.79 Å². The summed E-state index contributed by atoms with van der Waals surface area (Å²) in [6.45, 7) is 5.60. The van der Waals surface area contributed by atoms with Crippen molar-refractivity contribution in [1.82, 2.24) is 15.5 Å². The van der Waals surface area contributed by atoms with Gasteiger partial charge in [-0.2, -0.15) is 0 Å². The van der Waals surface area contributed by atoms with Crippen molar-refractivity contribution in [2.75, 3.05) is 13.1 Å². The molecule has 0 bridgehead atoms. The van der Waals surface area contributed by atoms with Gasteiger partial charge in [0.25, 0.3) is 0 Å². The van der Waals surface area contributed by atoms with Crippen LogP contribution in [0.1, 0.15) is 36.5 Å². The molecule has 156 valence electrons. The van der Waals surface area contributed by atoms with E-state index >= 15 is 0 Å². The molecular formula is C22H28ClIN4O. The fourth-order valence-corrected chi connectivity index (χ4v) is 3.38. The number of rotatable bonds is 7. The first-order chi connectivity index (χ1) is 13.7. The first-order valence-corrected chi connectivity index (χ1v) is 10.1. The summed E-state index contributed by atoms with van der Waals surface area (Å²) in [6, 6.07) is 16.1. The first kappa shape index (κ1) is 23.5. The number of amides is 1. The Kier molecular flexibility index (Phi) is 9.73. The zero-order valence-corrected chi connectivity index (χ0v) is 19.7. The summed E-state index contributed by atoms with van der Waals surface area (Å²) in [6.07, 6.45) is 1.65. The van der Waals surface area contributed by atoms with Crippen molar-refractivity contribution in [3.8, 4) is 0 Å². The molecule has 1 heterocycles. The van der Waals surface area contributed by atoms with E-state index in [9.17, 15) is 4.79 Å². The molecular weight excluding hydrogens is 499 g/mol. The van der Waals surface area contributed by atoms with Gasteiger partial charge in [-0.3, -0.25) is 4.79 Å². The van der Waals surface area contributed by atoms with Gasteiger partial charge in [-0.05, 0) is 36.1 Å². The fraction of sp³-hybridized carbons (Fsp3) is 0.364. The molecule has 1 aliphatic heterocycles. The van der Waals surface area contributed by atoms with Crippen molar-refractivity contribution in [2.45, 2.75) is 39.4 Å². The second-order valence-corrected chi connectivity index (χ2v) is 7.28. The van der Waals surface area contributed by atoms with Gasteiger partial charge in [-0.1, -0.05) is 54.1 Å². The molecule has 0 aromatic heterocycles. The number of likely N-dealkylation sites (tertiary alicyclic amines) is 1. The lowest BCUT2D eigenvalue weighted by atomic mass is 10.1. The Morgan fingerprint density at radius 1 is 1.10 bits per heavy atom. The number of halogens is 2. The molecule has 2 N–H and O–H groups in total. The van der Waals surface area contributed by atoms with E-state index in [2.05, 4.69) is 39.9 Å². The molecule has 0 atom stereocenters. The minimum Gasteiger partial charge on any atom is -0.357 e. The number of guanidine groups is 1. The van der Waals surface area contributed by atoms with Crippen LogP contribution in [0.3, 0.4) is 0 Å². The summed E-state index contributed by atoms with van der Waals surface area (Å²) < 4.78 is 0. The maximum absolute atomic E-state index is 11.8. The third-order valence-electron chi connectivity index (χ3n) is 4.74. The molecule has 0 aliphatic carbocycles. The van der Waals surface area contributed by atoms with E-state index in [1.54, 1.807) is 0 Å². The van der Waals surface area contributed by atoms with Crippen LogP contribution in [0, 0.1) is 0 Å². The van der Waals surface area contributed by atoms with Gasteiger partial charge in [0, 0.05) is 37.6 Å². The smallest absolute Gasteiger partial charge is 0.222 e. The second-order valence-electron chi connectivity index (χ2n) is 6.88. The number of carbonyl (C=O) groups is 1. The van der Waals surface area contributed by atoms with Gasteiger partial charge >= 0.3 is 0 Å². The summed E-state index contributed by atoms with van der Waals surface area (Å²) >= 11 is 6.22. The highest BCUT2D eigenvalue weighted by Crippen LogP contribution is 2.16. The minimum atomic E-state index is 0. The Balaban J connectivity index is 0.00000300. The predicted molar refractivity (Wildman–Crippen MR) is 130 cm³/mol. The monoisotopic (exact) mass is 526 g/mol. The number of aliphatic imine (C=N–C) groups is 1. The van der Waals surface area contributed by atoms with Crippen LogP contribution in [0.5, 0.6) is 0 Å². The van der Waals surface area contributed by atoms with Crippen molar-refractivity contribution >= 4 is 47.4 Å². The van der Waals surface area contributed by atoms with Gasteiger partial charge in [0.15, 0.2) is 5.96 Å². The average Bonchev–Trinajstić information content (AvgIpc) is 3.11. The van der Waals surface area contributed by atoms with Crippen molar-refractivity contribution in [3.63, 3.8) is 0 Å². The predicted octanol–water partition coefficient (Wildman–Crippen LogP) is 4.34. The van der Waals surface area contributed by atoms with E-state index in [1.807, 2.05) is 36.1 Å². The molecule has 1 saturated heterocycles. The van der Waals surface area contributed by atoms with Crippen molar-refractivity contribution in [1.29, 1.82) is 0 Å². The highest BCUT2D eigenvalue weighted by atomic mass is 127. The molecule has 1 amide bonds. The van der Waals surface area contributed by atoms with E-state index in [-0.39, 0.29) is 29.9 Å². The molecule has 0 spiro atoms. The largest absolute Gasteiger partial charge is 0.357 e. The lowest BCUT2D eigenvalue weighted by molar-refractivity contribution is -0.128. The normalized spacial score (nSPS) is 13.9. The van der Waals surface area contributed by atoms with Gasteiger partial charge in [-0.25, -0.2) is 4.99 Å². The molecule has 1 fully saturated rings. The molecule has 0 saturated carbocycles. The molecule has 5 nitrogen and oxygen atoms in total. The molecule has 7 heteroatoms. The SMILES string of the molecule is CCNC(=NCc1ccc(CN2CCCC2=O)cc1)NCc1ccccc1Cl.I. The van der Waals surface area contributed by atoms with Crippen LogP contribution in [0.4, 0.5) is 0 Å². The Hall–Kier alpha value is -1.80. The Labute approximate surface area is 194 Å². The van der Waals surface area contributed by atoms with Crippen LogP contribution >= 0.6 is 35.6 Å².